The van der Waals surface area contributed by atoms with Crippen molar-refractivity contribution in [2.75, 3.05) is 5.73 Å². The van der Waals surface area contributed by atoms with Gasteiger partial charge in [0.25, 0.3) is 0 Å². The average molecular weight is 222 g/mol. The monoisotopic (exact) mass is 222 g/mol. The number of nitrogen functional groups attached to an aromatic ring is 1. The van der Waals surface area contributed by atoms with Crippen molar-refractivity contribution in [1.82, 2.24) is 4.98 Å². The Morgan fingerprint density at radius 1 is 1.44 bits per heavy atom. The maximum Gasteiger partial charge on any atom is 0.126 e. The number of nitrogens with two attached hydrogens (primary N) is 1. The first-order chi connectivity index (χ1) is 7.32. The van der Waals surface area contributed by atoms with Crippen LogP contribution in [-0.4, -0.2) is 16.2 Å². The molecule has 16 heavy (non-hydrogen) atoms. The van der Waals surface area contributed by atoms with Crippen LogP contribution < -0.4 is 5.73 Å². The highest BCUT2D eigenvalue weighted by atomic mass is 16.3. The van der Waals surface area contributed by atoms with Crippen LogP contribution in [0.4, 0.5) is 5.82 Å². The second-order valence-electron chi connectivity index (χ2n) is 5.41. The molecule has 0 fully saturated rings. The molecule has 0 bridgehead atoms. The number of rotatable bonds is 3. The number of anilines is 1. The topological polar surface area (TPSA) is 59.1 Å². The van der Waals surface area contributed by atoms with E-state index in [2.05, 4.69) is 4.98 Å². The molecular formula is C13H22N2O. The van der Waals surface area contributed by atoms with Crippen molar-refractivity contribution < 1.29 is 5.11 Å². The third-order valence-corrected chi connectivity index (χ3v) is 2.99. The zero-order valence-electron chi connectivity index (χ0n) is 10.6. The van der Waals surface area contributed by atoms with E-state index < -0.39 is 0 Å². The van der Waals surface area contributed by atoms with E-state index in [0.29, 0.717) is 5.82 Å². The predicted octanol–water partition coefficient (Wildman–Crippen LogP) is 2.31. The molecule has 0 radical (unpaired) electrons. The molecule has 1 unspecified atom stereocenters. The highest BCUT2D eigenvalue weighted by Gasteiger charge is 2.22. The summed E-state index contributed by atoms with van der Waals surface area (Å²) < 4.78 is 0. The van der Waals surface area contributed by atoms with Gasteiger partial charge in [-0.15, -0.1) is 0 Å². The lowest BCUT2D eigenvalue weighted by molar-refractivity contribution is 0.0560. The Morgan fingerprint density at radius 2 is 2.06 bits per heavy atom. The summed E-state index contributed by atoms with van der Waals surface area (Å²) >= 11 is 0. The number of aryl methyl sites for hydroxylation is 1. The number of aliphatic hydroxyl groups excluding tert-OH is 1. The highest BCUT2D eigenvalue weighted by Crippen LogP contribution is 2.24. The van der Waals surface area contributed by atoms with Gasteiger partial charge in [0.05, 0.1) is 6.10 Å². The maximum absolute atomic E-state index is 9.97. The molecule has 1 aromatic heterocycles. The Labute approximate surface area is 97.7 Å². The van der Waals surface area contributed by atoms with Crippen molar-refractivity contribution in [3.05, 3.63) is 23.4 Å². The zero-order valence-corrected chi connectivity index (χ0v) is 10.6. The first-order valence-corrected chi connectivity index (χ1v) is 5.70. The van der Waals surface area contributed by atoms with Crippen LogP contribution in [0.15, 0.2) is 12.3 Å². The lowest BCUT2D eigenvalue weighted by Gasteiger charge is -2.26. The Balaban J connectivity index is 2.69. The van der Waals surface area contributed by atoms with E-state index >= 15 is 0 Å². The van der Waals surface area contributed by atoms with Gasteiger partial charge in [-0.05, 0) is 42.4 Å². The van der Waals surface area contributed by atoms with E-state index in [1.807, 2.05) is 33.8 Å². The Bertz CT molecular complexity index is 335. The van der Waals surface area contributed by atoms with Crippen LogP contribution in [0.25, 0.3) is 0 Å². The second kappa shape index (κ2) is 4.83. The van der Waals surface area contributed by atoms with Gasteiger partial charge in [-0.2, -0.15) is 0 Å². The molecule has 3 nitrogen and oxygen atoms in total. The number of nitrogens with zero attached hydrogens (tertiary/aromatic N) is 1. The van der Waals surface area contributed by atoms with E-state index in [4.69, 9.17) is 5.73 Å². The summed E-state index contributed by atoms with van der Waals surface area (Å²) in [7, 11) is 0. The lowest BCUT2D eigenvalue weighted by atomic mass is 9.85. The molecule has 0 aliphatic rings. The van der Waals surface area contributed by atoms with Gasteiger partial charge < -0.3 is 10.8 Å². The fourth-order valence-corrected chi connectivity index (χ4v) is 1.65. The molecular weight excluding hydrogens is 200 g/mol. The molecule has 1 aromatic rings. The van der Waals surface area contributed by atoms with Gasteiger partial charge in [0.1, 0.15) is 5.82 Å². The fourth-order valence-electron chi connectivity index (χ4n) is 1.65. The van der Waals surface area contributed by atoms with Crippen molar-refractivity contribution in [3.63, 3.8) is 0 Å². The lowest BCUT2D eigenvalue weighted by Crippen LogP contribution is -2.26. The van der Waals surface area contributed by atoms with Crippen LogP contribution in [0.1, 0.15) is 38.3 Å². The number of hydrogen-bond donors (Lipinski definition) is 2. The van der Waals surface area contributed by atoms with E-state index in [1.165, 1.54) is 0 Å². The summed E-state index contributed by atoms with van der Waals surface area (Å²) in [6.07, 6.45) is 2.91. The average Bonchev–Trinajstić information content (AvgIpc) is 2.15. The zero-order chi connectivity index (χ0) is 12.3. The van der Waals surface area contributed by atoms with Crippen molar-refractivity contribution in [3.8, 4) is 0 Å². The van der Waals surface area contributed by atoms with Gasteiger partial charge in [-0.3, -0.25) is 0 Å². The van der Waals surface area contributed by atoms with Gasteiger partial charge in [-0.25, -0.2) is 4.98 Å². The first kappa shape index (κ1) is 13.0. The molecule has 0 spiro atoms. The molecule has 0 amide bonds. The molecule has 1 heterocycles. The molecule has 0 saturated heterocycles. The SMILES string of the molecule is Cc1ccnc(N)c1CCC(O)C(C)(C)C. The number of aromatic nitrogens is 1. The Kier molecular flexibility index (Phi) is 3.92. The standard InChI is InChI=1S/C13H22N2O/c1-9-7-8-15-12(14)10(9)5-6-11(16)13(2,3)4/h7-8,11,16H,5-6H2,1-4H3,(H2,14,15). The van der Waals surface area contributed by atoms with Crippen molar-refractivity contribution in [2.45, 2.75) is 46.6 Å². The second-order valence-corrected chi connectivity index (χ2v) is 5.41. The summed E-state index contributed by atoms with van der Waals surface area (Å²) in [4.78, 5) is 4.08. The summed E-state index contributed by atoms with van der Waals surface area (Å²) in [6.45, 7) is 8.14. The number of hydrogen-bond acceptors (Lipinski definition) is 3. The molecule has 90 valence electrons. The van der Waals surface area contributed by atoms with Crippen molar-refractivity contribution >= 4 is 5.82 Å². The van der Waals surface area contributed by atoms with E-state index in [1.54, 1.807) is 6.20 Å². The molecule has 3 N–H and O–H groups in total. The minimum absolute atomic E-state index is 0.0785. The molecule has 0 aromatic carbocycles. The first-order valence-electron chi connectivity index (χ1n) is 5.70. The molecule has 0 aliphatic heterocycles. The summed E-state index contributed by atoms with van der Waals surface area (Å²) in [5.41, 5.74) is 7.95. The van der Waals surface area contributed by atoms with Crippen LogP contribution in [0.3, 0.4) is 0 Å². The Hall–Kier alpha value is -1.09. The third-order valence-electron chi connectivity index (χ3n) is 2.99. The van der Waals surface area contributed by atoms with Crippen LogP contribution in [0, 0.1) is 12.3 Å². The number of aliphatic hydroxyl groups is 1. The molecule has 0 saturated carbocycles. The minimum atomic E-state index is -0.313. The summed E-state index contributed by atoms with van der Waals surface area (Å²) in [6, 6.07) is 1.95. The van der Waals surface area contributed by atoms with Crippen molar-refractivity contribution in [2.24, 2.45) is 5.41 Å². The van der Waals surface area contributed by atoms with E-state index in [0.717, 1.165) is 24.0 Å². The maximum atomic E-state index is 9.97. The fraction of sp³-hybridized carbons (Fsp3) is 0.615. The quantitative estimate of drug-likeness (QED) is 0.825. The normalized spacial score (nSPS) is 13.8. The van der Waals surface area contributed by atoms with E-state index in [9.17, 15) is 5.11 Å². The number of pyridine rings is 1. The molecule has 3 heteroatoms. The molecule has 1 rings (SSSR count). The van der Waals surface area contributed by atoms with Crippen LogP contribution in [0.2, 0.25) is 0 Å². The van der Waals surface area contributed by atoms with Gasteiger partial charge >= 0.3 is 0 Å². The highest BCUT2D eigenvalue weighted by molar-refractivity contribution is 5.43. The van der Waals surface area contributed by atoms with Gasteiger partial charge in [0.15, 0.2) is 0 Å². The largest absolute Gasteiger partial charge is 0.393 e. The van der Waals surface area contributed by atoms with Crippen LogP contribution >= 0.6 is 0 Å². The van der Waals surface area contributed by atoms with Crippen molar-refractivity contribution in [1.29, 1.82) is 0 Å². The van der Waals surface area contributed by atoms with Gasteiger partial charge in [0, 0.05) is 6.20 Å². The molecule has 0 aliphatic carbocycles. The van der Waals surface area contributed by atoms with Crippen LogP contribution in [0.5, 0.6) is 0 Å². The van der Waals surface area contributed by atoms with E-state index in [-0.39, 0.29) is 11.5 Å². The Morgan fingerprint density at radius 3 is 2.56 bits per heavy atom. The van der Waals surface area contributed by atoms with Gasteiger partial charge in [-0.1, -0.05) is 20.8 Å². The summed E-state index contributed by atoms with van der Waals surface area (Å²) in [5, 5.41) is 9.97. The smallest absolute Gasteiger partial charge is 0.126 e. The van der Waals surface area contributed by atoms with Gasteiger partial charge in [0.2, 0.25) is 0 Å². The summed E-state index contributed by atoms with van der Waals surface area (Å²) in [5.74, 6) is 0.584. The predicted molar refractivity (Wildman–Crippen MR) is 67.2 cm³/mol. The minimum Gasteiger partial charge on any atom is -0.393 e. The molecule has 1 atom stereocenters. The van der Waals surface area contributed by atoms with Crippen LogP contribution in [-0.2, 0) is 6.42 Å². The third kappa shape index (κ3) is 3.20.